The smallest absolute Gasteiger partial charge is 0.254 e. The third kappa shape index (κ3) is 2.79. The van der Waals surface area contributed by atoms with Gasteiger partial charge >= 0.3 is 0 Å². The van der Waals surface area contributed by atoms with Crippen LogP contribution >= 0.6 is 0 Å². The van der Waals surface area contributed by atoms with E-state index in [0.29, 0.717) is 5.56 Å². The van der Waals surface area contributed by atoms with Crippen LogP contribution in [0.25, 0.3) is 0 Å². The topological polar surface area (TPSA) is 75.1 Å². The SMILES string of the molecule is C[C@H](CO)NC(=O)c1cncnc1. The highest BCUT2D eigenvalue weighted by molar-refractivity contribution is 5.93. The predicted molar refractivity (Wildman–Crippen MR) is 46.0 cm³/mol. The van der Waals surface area contributed by atoms with Gasteiger partial charge in [-0.25, -0.2) is 9.97 Å². The molecule has 1 rings (SSSR count). The molecule has 0 saturated heterocycles. The van der Waals surface area contributed by atoms with Gasteiger partial charge in [-0.3, -0.25) is 4.79 Å². The molecule has 0 aromatic carbocycles. The molecule has 0 aliphatic rings. The molecule has 1 atom stereocenters. The molecule has 70 valence electrons. The summed E-state index contributed by atoms with van der Waals surface area (Å²) in [7, 11) is 0. The fourth-order valence-corrected chi connectivity index (χ4v) is 0.769. The van der Waals surface area contributed by atoms with E-state index in [1.54, 1.807) is 6.92 Å². The molecule has 1 amide bonds. The Hall–Kier alpha value is -1.49. The first-order chi connectivity index (χ1) is 6.24. The number of nitrogens with zero attached hydrogens (tertiary/aromatic N) is 2. The normalized spacial score (nSPS) is 12.2. The third-order valence-corrected chi connectivity index (χ3v) is 1.47. The van der Waals surface area contributed by atoms with E-state index in [-0.39, 0.29) is 18.6 Å². The van der Waals surface area contributed by atoms with Crippen molar-refractivity contribution in [1.82, 2.24) is 15.3 Å². The second kappa shape index (κ2) is 4.51. The highest BCUT2D eigenvalue weighted by atomic mass is 16.3. The Labute approximate surface area is 75.8 Å². The largest absolute Gasteiger partial charge is 0.394 e. The number of aliphatic hydroxyl groups is 1. The first kappa shape index (κ1) is 9.60. The number of aliphatic hydroxyl groups excluding tert-OH is 1. The van der Waals surface area contributed by atoms with E-state index in [2.05, 4.69) is 15.3 Å². The summed E-state index contributed by atoms with van der Waals surface area (Å²) in [5.41, 5.74) is 0.391. The molecule has 0 bridgehead atoms. The molecular formula is C8H11N3O2. The maximum absolute atomic E-state index is 11.3. The molecule has 0 unspecified atom stereocenters. The van der Waals surface area contributed by atoms with Crippen LogP contribution in [0.5, 0.6) is 0 Å². The van der Waals surface area contributed by atoms with Crippen LogP contribution in [0.2, 0.25) is 0 Å². The number of rotatable bonds is 3. The predicted octanol–water partition coefficient (Wildman–Crippen LogP) is -0.413. The lowest BCUT2D eigenvalue weighted by Crippen LogP contribution is -2.35. The minimum Gasteiger partial charge on any atom is -0.394 e. The fourth-order valence-electron chi connectivity index (χ4n) is 0.769. The summed E-state index contributed by atoms with van der Waals surface area (Å²) in [4.78, 5) is 18.7. The summed E-state index contributed by atoms with van der Waals surface area (Å²) in [5.74, 6) is -0.276. The minimum atomic E-state index is -0.276. The van der Waals surface area contributed by atoms with Crippen molar-refractivity contribution in [2.45, 2.75) is 13.0 Å². The Morgan fingerprint density at radius 3 is 2.77 bits per heavy atom. The van der Waals surface area contributed by atoms with Crippen molar-refractivity contribution in [3.8, 4) is 0 Å². The molecular weight excluding hydrogens is 170 g/mol. The molecule has 5 heteroatoms. The zero-order chi connectivity index (χ0) is 9.68. The Morgan fingerprint density at radius 2 is 2.23 bits per heavy atom. The van der Waals surface area contributed by atoms with Crippen LogP contribution < -0.4 is 5.32 Å². The standard InChI is InChI=1S/C8H11N3O2/c1-6(4-12)11-8(13)7-2-9-5-10-3-7/h2-3,5-6,12H,4H2,1H3,(H,11,13)/t6-/m1/s1. The van der Waals surface area contributed by atoms with Crippen LogP contribution in [0.1, 0.15) is 17.3 Å². The molecule has 1 aromatic heterocycles. The van der Waals surface area contributed by atoms with Gasteiger partial charge < -0.3 is 10.4 Å². The van der Waals surface area contributed by atoms with Gasteiger partial charge in [-0.15, -0.1) is 0 Å². The van der Waals surface area contributed by atoms with Crippen molar-refractivity contribution in [2.75, 3.05) is 6.61 Å². The number of amides is 1. The zero-order valence-corrected chi connectivity index (χ0v) is 7.27. The second-order valence-electron chi connectivity index (χ2n) is 2.68. The molecule has 13 heavy (non-hydrogen) atoms. The molecule has 1 heterocycles. The van der Waals surface area contributed by atoms with E-state index in [9.17, 15) is 4.79 Å². The summed E-state index contributed by atoms with van der Waals surface area (Å²) >= 11 is 0. The van der Waals surface area contributed by atoms with E-state index < -0.39 is 0 Å². The first-order valence-electron chi connectivity index (χ1n) is 3.90. The van der Waals surface area contributed by atoms with Gasteiger partial charge in [0, 0.05) is 18.4 Å². The lowest BCUT2D eigenvalue weighted by molar-refractivity contribution is 0.0921. The lowest BCUT2D eigenvalue weighted by atomic mass is 10.3. The second-order valence-corrected chi connectivity index (χ2v) is 2.68. The zero-order valence-electron chi connectivity index (χ0n) is 7.27. The number of carbonyl (C=O) groups excluding carboxylic acids is 1. The van der Waals surface area contributed by atoms with Crippen LogP contribution in [-0.2, 0) is 0 Å². The van der Waals surface area contributed by atoms with E-state index in [1.165, 1.54) is 18.7 Å². The average molecular weight is 181 g/mol. The number of hydrogen-bond donors (Lipinski definition) is 2. The molecule has 0 radical (unpaired) electrons. The Bertz CT molecular complexity index is 276. The van der Waals surface area contributed by atoms with Gasteiger partial charge in [-0.2, -0.15) is 0 Å². The van der Waals surface area contributed by atoms with Crippen LogP contribution in [0, 0.1) is 0 Å². The van der Waals surface area contributed by atoms with Crippen molar-refractivity contribution in [3.63, 3.8) is 0 Å². The first-order valence-corrected chi connectivity index (χ1v) is 3.90. The minimum absolute atomic E-state index is 0.0839. The number of aromatic nitrogens is 2. The van der Waals surface area contributed by atoms with Gasteiger partial charge in [0.1, 0.15) is 6.33 Å². The van der Waals surface area contributed by atoms with Crippen LogP contribution in [0.15, 0.2) is 18.7 Å². The molecule has 0 aliphatic carbocycles. The quantitative estimate of drug-likeness (QED) is 0.664. The molecule has 0 fully saturated rings. The highest BCUT2D eigenvalue weighted by Crippen LogP contribution is 1.93. The number of carbonyl (C=O) groups is 1. The molecule has 0 saturated carbocycles. The van der Waals surface area contributed by atoms with E-state index in [0.717, 1.165) is 0 Å². The summed E-state index contributed by atoms with van der Waals surface area (Å²) < 4.78 is 0. The Kier molecular flexibility index (Phi) is 3.33. The molecule has 0 spiro atoms. The average Bonchev–Trinajstić information content (AvgIpc) is 2.19. The molecule has 0 aliphatic heterocycles. The van der Waals surface area contributed by atoms with Gasteiger partial charge in [0.15, 0.2) is 0 Å². The molecule has 1 aromatic rings. The van der Waals surface area contributed by atoms with Crippen LogP contribution in [-0.4, -0.2) is 33.6 Å². The third-order valence-electron chi connectivity index (χ3n) is 1.47. The Morgan fingerprint density at radius 1 is 1.62 bits per heavy atom. The van der Waals surface area contributed by atoms with E-state index >= 15 is 0 Å². The van der Waals surface area contributed by atoms with Crippen molar-refractivity contribution < 1.29 is 9.90 Å². The van der Waals surface area contributed by atoms with Gasteiger partial charge in [0.25, 0.3) is 5.91 Å². The molecule has 5 nitrogen and oxygen atoms in total. The van der Waals surface area contributed by atoms with Crippen LogP contribution in [0.4, 0.5) is 0 Å². The summed E-state index contributed by atoms with van der Waals surface area (Å²) in [5, 5.41) is 11.3. The fraction of sp³-hybridized carbons (Fsp3) is 0.375. The summed E-state index contributed by atoms with van der Waals surface area (Å²) in [6.07, 6.45) is 4.20. The van der Waals surface area contributed by atoms with Crippen molar-refractivity contribution in [3.05, 3.63) is 24.3 Å². The van der Waals surface area contributed by atoms with Crippen molar-refractivity contribution >= 4 is 5.91 Å². The number of nitrogens with one attached hydrogen (secondary N) is 1. The summed E-state index contributed by atoms with van der Waals surface area (Å²) in [6, 6.07) is -0.257. The Balaban J connectivity index is 2.59. The highest BCUT2D eigenvalue weighted by Gasteiger charge is 2.08. The van der Waals surface area contributed by atoms with Crippen molar-refractivity contribution in [1.29, 1.82) is 0 Å². The maximum Gasteiger partial charge on any atom is 0.254 e. The van der Waals surface area contributed by atoms with Gasteiger partial charge in [0.05, 0.1) is 12.2 Å². The van der Waals surface area contributed by atoms with E-state index in [4.69, 9.17) is 5.11 Å². The van der Waals surface area contributed by atoms with E-state index in [1.807, 2.05) is 0 Å². The summed E-state index contributed by atoms with van der Waals surface area (Å²) in [6.45, 7) is 1.63. The van der Waals surface area contributed by atoms with Gasteiger partial charge in [-0.05, 0) is 6.92 Å². The monoisotopic (exact) mass is 181 g/mol. The molecule has 2 N–H and O–H groups in total. The lowest BCUT2D eigenvalue weighted by Gasteiger charge is -2.09. The maximum atomic E-state index is 11.3. The van der Waals surface area contributed by atoms with Crippen LogP contribution in [0.3, 0.4) is 0 Å². The van der Waals surface area contributed by atoms with Gasteiger partial charge in [0.2, 0.25) is 0 Å². The number of hydrogen-bond acceptors (Lipinski definition) is 4. The van der Waals surface area contributed by atoms with Gasteiger partial charge in [-0.1, -0.05) is 0 Å². The van der Waals surface area contributed by atoms with Crippen molar-refractivity contribution in [2.24, 2.45) is 0 Å².